The monoisotopic (exact) mass is 303 g/mol. The standard InChI is InChI=1S/C16H21N3O3/c1-4-13-17-14(22-18-13)11-19(3)15(20)10-16(2,21)12-8-6-5-7-9-12/h5-9,21H,4,10-11H2,1-3H3. The number of hydrogen-bond acceptors (Lipinski definition) is 5. The molecule has 0 aliphatic rings. The maximum atomic E-state index is 12.3. The van der Waals surface area contributed by atoms with E-state index in [1.54, 1.807) is 26.1 Å². The van der Waals surface area contributed by atoms with E-state index in [0.717, 1.165) is 0 Å². The van der Waals surface area contributed by atoms with Crippen LogP contribution < -0.4 is 0 Å². The third-order valence-electron chi connectivity index (χ3n) is 3.52. The molecule has 1 unspecified atom stereocenters. The van der Waals surface area contributed by atoms with E-state index in [9.17, 15) is 9.90 Å². The van der Waals surface area contributed by atoms with Crippen LogP contribution in [0.3, 0.4) is 0 Å². The van der Waals surface area contributed by atoms with Crippen LogP contribution >= 0.6 is 0 Å². The van der Waals surface area contributed by atoms with E-state index in [1.165, 1.54) is 4.90 Å². The Morgan fingerprint density at radius 1 is 1.36 bits per heavy atom. The number of aromatic nitrogens is 2. The van der Waals surface area contributed by atoms with Gasteiger partial charge in [-0.05, 0) is 12.5 Å². The molecule has 0 radical (unpaired) electrons. The van der Waals surface area contributed by atoms with Gasteiger partial charge in [0.25, 0.3) is 0 Å². The molecule has 0 saturated heterocycles. The van der Waals surface area contributed by atoms with Crippen molar-refractivity contribution in [3.05, 3.63) is 47.6 Å². The van der Waals surface area contributed by atoms with Gasteiger partial charge >= 0.3 is 0 Å². The molecule has 0 aliphatic carbocycles. The molecule has 1 amide bonds. The Bertz CT molecular complexity index is 623. The second-order valence-electron chi connectivity index (χ2n) is 5.52. The van der Waals surface area contributed by atoms with Gasteiger partial charge in [-0.25, -0.2) is 0 Å². The Balaban J connectivity index is 1.98. The van der Waals surface area contributed by atoms with Crippen molar-refractivity contribution in [1.82, 2.24) is 15.0 Å². The number of amides is 1. The van der Waals surface area contributed by atoms with Gasteiger partial charge in [0.1, 0.15) is 0 Å². The quantitative estimate of drug-likeness (QED) is 0.881. The molecule has 1 heterocycles. The van der Waals surface area contributed by atoms with Crippen LogP contribution in [0.2, 0.25) is 0 Å². The predicted molar refractivity (Wildman–Crippen MR) is 80.8 cm³/mol. The molecule has 1 aromatic carbocycles. The highest BCUT2D eigenvalue weighted by Gasteiger charge is 2.28. The topological polar surface area (TPSA) is 79.5 Å². The first-order valence-corrected chi connectivity index (χ1v) is 7.25. The van der Waals surface area contributed by atoms with Crippen LogP contribution in [0.5, 0.6) is 0 Å². The molecule has 0 saturated carbocycles. The zero-order valence-corrected chi connectivity index (χ0v) is 13.1. The van der Waals surface area contributed by atoms with Gasteiger partial charge in [0.15, 0.2) is 5.82 Å². The van der Waals surface area contributed by atoms with Crippen molar-refractivity contribution < 1.29 is 14.4 Å². The van der Waals surface area contributed by atoms with Crippen molar-refractivity contribution in [3.63, 3.8) is 0 Å². The van der Waals surface area contributed by atoms with E-state index in [2.05, 4.69) is 10.1 Å². The molecule has 0 aliphatic heterocycles. The summed E-state index contributed by atoms with van der Waals surface area (Å²) < 4.78 is 5.07. The lowest BCUT2D eigenvalue weighted by Gasteiger charge is -2.25. The van der Waals surface area contributed by atoms with Gasteiger partial charge in [-0.1, -0.05) is 42.4 Å². The van der Waals surface area contributed by atoms with Crippen molar-refractivity contribution in [1.29, 1.82) is 0 Å². The van der Waals surface area contributed by atoms with Crippen molar-refractivity contribution in [2.75, 3.05) is 7.05 Å². The van der Waals surface area contributed by atoms with Gasteiger partial charge in [0.2, 0.25) is 11.8 Å². The van der Waals surface area contributed by atoms with Crippen molar-refractivity contribution >= 4 is 5.91 Å². The van der Waals surface area contributed by atoms with Crippen LogP contribution in [-0.4, -0.2) is 33.1 Å². The maximum Gasteiger partial charge on any atom is 0.246 e. The van der Waals surface area contributed by atoms with Gasteiger partial charge in [0.05, 0.1) is 18.6 Å². The van der Waals surface area contributed by atoms with Crippen molar-refractivity contribution in [2.24, 2.45) is 0 Å². The van der Waals surface area contributed by atoms with E-state index in [4.69, 9.17) is 4.52 Å². The summed E-state index contributed by atoms with van der Waals surface area (Å²) in [6.07, 6.45) is 0.673. The van der Waals surface area contributed by atoms with Crippen molar-refractivity contribution in [2.45, 2.75) is 38.8 Å². The summed E-state index contributed by atoms with van der Waals surface area (Å²) in [5.41, 5.74) is -0.501. The summed E-state index contributed by atoms with van der Waals surface area (Å²) in [5, 5.41) is 14.3. The lowest BCUT2D eigenvalue weighted by molar-refractivity contribution is -0.135. The summed E-state index contributed by atoms with van der Waals surface area (Å²) >= 11 is 0. The molecule has 6 heteroatoms. The van der Waals surface area contributed by atoms with Crippen LogP contribution in [0, 0.1) is 0 Å². The van der Waals surface area contributed by atoms with E-state index in [-0.39, 0.29) is 18.9 Å². The van der Waals surface area contributed by atoms with Crippen LogP contribution in [0.25, 0.3) is 0 Å². The number of aliphatic hydroxyl groups is 1. The van der Waals surface area contributed by atoms with E-state index >= 15 is 0 Å². The second-order valence-corrected chi connectivity index (χ2v) is 5.52. The third-order valence-corrected chi connectivity index (χ3v) is 3.52. The Hall–Kier alpha value is -2.21. The normalized spacial score (nSPS) is 13.6. The molecule has 1 N–H and O–H groups in total. The first kappa shape index (κ1) is 16.2. The minimum atomic E-state index is -1.21. The van der Waals surface area contributed by atoms with Crippen LogP contribution in [0.4, 0.5) is 0 Å². The summed E-state index contributed by atoms with van der Waals surface area (Å²) in [6.45, 7) is 3.80. The van der Waals surface area contributed by atoms with E-state index < -0.39 is 5.60 Å². The Morgan fingerprint density at radius 3 is 2.64 bits per heavy atom. The molecule has 2 aromatic rings. The molecule has 118 valence electrons. The summed E-state index contributed by atoms with van der Waals surface area (Å²) in [5.74, 6) is 0.823. The molecule has 22 heavy (non-hydrogen) atoms. The highest BCUT2D eigenvalue weighted by molar-refractivity contribution is 5.77. The Kier molecular flexibility index (Phi) is 4.92. The zero-order chi connectivity index (χ0) is 16.2. The first-order valence-electron chi connectivity index (χ1n) is 7.25. The van der Waals surface area contributed by atoms with Gasteiger partial charge in [-0.3, -0.25) is 4.79 Å². The summed E-state index contributed by atoms with van der Waals surface area (Å²) in [7, 11) is 1.65. The number of benzene rings is 1. The molecule has 0 bridgehead atoms. The maximum absolute atomic E-state index is 12.3. The lowest BCUT2D eigenvalue weighted by atomic mass is 9.92. The molecule has 6 nitrogen and oxygen atoms in total. The van der Waals surface area contributed by atoms with E-state index in [0.29, 0.717) is 23.7 Å². The number of hydrogen-bond donors (Lipinski definition) is 1. The van der Waals surface area contributed by atoms with E-state index in [1.807, 2.05) is 25.1 Å². The van der Waals surface area contributed by atoms with Crippen molar-refractivity contribution in [3.8, 4) is 0 Å². The number of nitrogens with zero attached hydrogens (tertiary/aromatic N) is 3. The fourth-order valence-corrected chi connectivity index (χ4v) is 2.12. The summed E-state index contributed by atoms with van der Waals surface area (Å²) in [4.78, 5) is 17.9. The van der Waals surface area contributed by atoms with Gasteiger partial charge in [-0.2, -0.15) is 4.98 Å². The lowest BCUT2D eigenvalue weighted by Crippen LogP contribution is -2.34. The molecule has 2 rings (SSSR count). The first-order chi connectivity index (χ1) is 10.4. The predicted octanol–water partition coefficient (Wildman–Crippen LogP) is 1.89. The fraction of sp³-hybridized carbons (Fsp3) is 0.438. The average molecular weight is 303 g/mol. The van der Waals surface area contributed by atoms with Crippen LogP contribution in [0.15, 0.2) is 34.9 Å². The zero-order valence-electron chi connectivity index (χ0n) is 13.1. The summed E-state index contributed by atoms with van der Waals surface area (Å²) in [6, 6.07) is 9.15. The van der Waals surface area contributed by atoms with Gasteiger partial charge in [-0.15, -0.1) is 0 Å². The highest BCUT2D eigenvalue weighted by atomic mass is 16.5. The van der Waals surface area contributed by atoms with Gasteiger partial charge < -0.3 is 14.5 Å². The Morgan fingerprint density at radius 2 is 2.05 bits per heavy atom. The fourth-order valence-electron chi connectivity index (χ4n) is 2.12. The number of rotatable bonds is 6. The molecule has 0 fully saturated rings. The molecule has 1 aromatic heterocycles. The molecule has 0 spiro atoms. The van der Waals surface area contributed by atoms with Crippen LogP contribution in [-0.2, 0) is 23.4 Å². The smallest absolute Gasteiger partial charge is 0.246 e. The van der Waals surface area contributed by atoms with Gasteiger partial charge in [0, 0.05) is 13.5 Å². The highest BCUT2D eigenvalue weighted by Crippen LogP contribution is 2.25. The van der Waals surface area contributed by atoms with Crippen LogP contribution in [0.1, 0.15) is 37.5 Å². The Labute approximate surface area is 129 Å². The molecule has 1 atom stereocenters. The number of carbonyl (C=O) groups excluding carboxylic acids is 1. The number of carbonyl (C=O) groups is 1. The SMILES string of the molecule is CCc1noc(CN(C)C(=O)CC(C)(O)c2ccccc2)n1. The molecular weight excluding hydrogens is 282 g/mol. The number of aryl methyl sites for hydroxylation is 1. The largest absolute Gasteiger partial charge is 0.385 e. The third kappa shape index (κ3) is 3.92. The minimum absolute atomic E-state index is 0.0116. The molecular formula is C16H21N3O3. The average Bonchev–Trinajstić information content (AvgIpc) is 2.95. The second kappa shape index (κ2) is 6.70. The minimum Gasteiger partial charge on any atom is -0.385 e.